The van der Waals surface area contributed by atoms with Crippen LogP contribution >= 0.6 is 35.6 Å². The molecule has 1 fully saturated rings. The predicted octanol–water partition coefficient (Wildman–Crippen LogP) is 6.58. The Balaban J connectivity index is 0.00000289. The van der Waals surface area contributed by atoms with Crippen molar-refractivity contribution < 1.29 is 18.7 Å². The maximum absolute atomic E-state index is 13.7. The molecule has 0 aromatic heterocycles. The summed E-state index contributed by atoms with van der Waals surface area (Å²) in [5.74, 6) is -3.92. The van der Waals surface area contributed by atoms with Crippen LogP contribution < -0.4 is 0 Å². The van der Waals surface area contributed by atoms with E-state index in [0.29, 0.717) is 23.1 Å². The summed E-state index contributed by atoms with van der Waals surface area (Å²) in [4.78, 5) is 14.1. The molecule has 3 nitrogen and oxygen atoms in total. The summed E-state index contributed by atoms with van der Waals surface area (Å²) in [7, 11) is 0. The van der Waals surface area contributed by atoms with Crippen LogP contribution in [0.1, 0.15) is 28.7 Å². The molecule has 3 aromatic carbocycles. The van der Waals surface area contributed by atoms with Crippen molar-refractivity contribution in [3.05, 3.63) is 105 Å². The van der Waals surface area contributed by atoms with Gasteiger partial charge in [-0.3, -0.25) is 9.69 Å². The number of aliphatic carboxylic acids is 1. The van der Waals surface area contributed by atoms with Gasteiger partial charge in [-0.2, -0.15) is 0 Å². The summed E-state index contributed by atoms with van der Waals surface area (Å²) in [6.07, 6.45) is 0. The van der Waals surface area contributed by atoms with Crippen molar-refractivity contribution in [1.29, 1.82) is 0 Å². The number of halogens is 5. The van der Waals surface area contributed by atoms with E-state index in [1.807, 2.05) is 48.5 Å². The first kappa shape index (κ1) is 24.5. The Kier molecular flexibility index (Phi) is 7.78. The van der Waals surface area contributed by atoms with E-state index in [-0.39, 0.29) is 29.9 Å². The summed E-state index contributed by atoms with van der Waals surface area (Å²) in [5.41, 5.74) is 2.16. The van der Waals surface area contributed by atoms with Crippen molar-refractivity contribution in [3.63, 3.8) is 0 Å². The molecule has 32 heavy (non-hydrogen) atoms. The maximum Gasteiger partial charge on any atom is 0.311 e. The molecular weight excluding hydrogens is 479 g/mol. The fourth-order valence-electron chi connectivity index (χ4n) is 4.25. The fourth-order valence-corrected chi connectivity index (χ4v) is 4.50. The van der Waals surface area contributed by atoms with Gasteiger partial charge in [0.2, 0.25) is 0 Å². The number of likely N-dealkylation sites (tertiary alicyclic amines) is 1. The van der Waals surface area contributed by atoms with Gasteiger partial charge in [-0.25, -0.2) is 8.78 Å². The van der Waals surface area contributed by atoms with Gasteiger partial charge in [0.25, 0.3) is 0 Å². The molecule has 0 aliphatic carbocycles. The second-order valence-corrected chi connectivity index (χ2v) is 8.61. The monoisotopic (exact) mass is 497 g/mol. The van der Waals surface area contributed by atoms with Crippen molar-refractivity contribution in [1.82, 2.24) is 4.90 Å². The highest BCUT2D eigenvalue weighted by Gasteiger charge is 2.42. The summed E-state index contributed by atoms with van der Waals surface area (Å²) >= 11 is 12.1. The van der Waals surface area contributed by atoms with Gasteiger partial charge in [0, 0.05) is 35.1 Å². The lowest BCUT2D eigenvalue weighted by molar-refractivity contribution is -0.142. The van der Waals surface area contributed by atoms with Crippen LogP contribution in [0.15, 0.2) is 66.7 Å². The van der Waals surface area contributed by atoms with Crippen LogP contribution in [-0.4, -0.2) is 29.1 Å². The highest BCUT2D eigenvalue weighted by Crippen LogP contribution is 2.40. The van der Waals surface area contributed by atoms with Crippen LogP contribution in [0.25, 0.3) is 0 Å². The number of carboxylic acids is 1. The molecule has 0 radical (unpaired) electrons. The van der Waals surface area contributed by atoms with Crippen LogP contribution in [0.4, 0.5) is 8.78 Å². The number of carbonyl (C=O) groups is 1. The molecule has 1 N–H and O–H groups in total. The van der Waals surface area contributed by atoms with Gasteiger partial charge < -0.3 is 5.11 Å². The highest BCUT2D eigenvalue weighted by molar-refractivity contribution is 6.30. The Bertz CT molecular complexity index is 1020. The largest absolute Gasteiger partial charge is 0.481 e. The minimum absolute atomic E-state index is 0. The zero-order valence-electron chi connectivity index (χ0n) is 16.7. The Morgan fingerprint density at radius 1 is 0.844 bits per heavy atom. The van der Waals surface area contributed by atoms with Crippen molar-refractivity contribution >= 4 is 41.6 Å². The van der Waals surface area contributed by atoms with E-state index in [1.165, 1.54) is 0 Å². The summed E-state index contributed by atoms with van der Waals surface area (Å²) in [6.45, 7) is 0.927. The van der Waals surface area contributed by atoms with E-state index in [4.69, 9.17) is 23.2 Å². The molecule has 1 aliphatic rings. The zero-order chi connectivity index (χ0) is 22.1. The molecule has 1 atom stereocenters. The first-order valence-electron chi connectivity index (χ1n) is 9.75. The third kappa shape index (κ3) is 5.24. The molecule has 3 aromatic rings. The summed E-state index contributed by atoms with van der Waals surface area (Å²) in [6, 6.07) is 17.8. The average Bonchev–Trinajstić information content (AvgIpc) is 2.67. The number of carboxylic acid groups (broad SMARTS) is 1. The molecule has 0 spiro atoms. The minimum Gasteiger partial charge on any atom is -0.481 e. The molecule has 8 heteroatoms. The van der Waals surface area contributed by atoms with Crippen LogP contribution in [0, 0.1) is 17.6 Å². The molecule has 0 amide bonds. The minimum atomic E-state index is -1.09. The molecule has 1 heterocycles. The summed E-state index contributed by atoms with van der Waals surface area (Å²) in [5, 5.41) is 11.0. The number of nitrogens with zero attached hydrogens (tertiary/aromatic N) is 1. The van der Waals surface area contributed by atoms with Gasteiger partial charge in [0.15, 0.2) is 0 Å². The van der Waals surface area contributed by atoms with E-state index in [1.54, 1.807) is 0 Å². The van der Waals surface area contributed by atoms with Gasteiger partial charge >= 0.3 is 5.97 Å². The average molecular weight is 499 g/mol. The highest BCUT2D eigenvalue weighted by atomic mass is 35.5. The smallest absolute Gasteiger partial charge is 0.311 e. The van der Waals surface area contributed by atoms with E-state index in [0.717, 1.165) is 29.3 Å². The fraction of sp³-hybridized carbons (Fsp3) is 0.208. The molecule has 4 rings (SSSR count). The third-order valence-electron chi connectivity index (χ3n) is 5.66. The maximum atomic E-state index is 13.7. The molecule has 1 unspecified atom stereocenters. The number of hydrogen-bond donors (Lipinski definition) is 1. The zero-order valence-corrected chi connectivity index (χ0v) is 19.0. The second-order valence-electron chi connectivity index (χ2n) is 7.74. The number of rotatable bonds is 6. The van der Waals surface area contributed by atoms with E-state index < -0.39 is 23.5 Å². The Hall–Kier alpha value is -2.18. The number of hydrogen-bond acceptors (Lipinski definition) is 2. The third-order valence-corrected chi connectivity index (χ3v) is 6.16. The second kappa shape index (κ2) is 10.2. The topological polar surface area (TPSA) is 40.5 Å². The molecule has 0 saturated carbocycles. The van der Waals surface area contributed by atoms with Gasteiger partial charge in [-0.1, -0.05) is 47.5 Å². The molecule has 168 valence electrons. The lowest BCUT2D eigenvalue weighted by Crippen LogP contribution is -2.52. The van der Waals surface area contributed by atoms with Gasteiger partial charge in [-0.05, 0) is 53.1 Å². The van der Waals surface area contributed by atoms with Gasteiger partial charge in [-0.15, -0.1) is 12.4 Å². The molecule has 1 saturated heterocycles. The van der Waals surface area contributed by atoms with Crippen LogP contribution in [0.3, 0.4) is 0 Å². The van der Waals surface area contributed by atoms with E-state index in [9.17, 15) is 18.7 Å². The Morgan fingerprint density at radius 2 is 1.28 bits per heavy atom. The molecular formula is C24H20Cl3F2NO2. The number of benzene rings is 3. The molecule has 1 aliphatic heterocycles. The van der Waals surface area contributed by atoms with E-state index >= 15 is 0 Å². The summed E-state index contributed by atoms with van der Waals surface area (Å²) < 4.78 is 27.4. The van der Waals surface area contributed by atoms with Crippen molar-refractivity contribution in [2.75, 3.05) is 13.1 Å². The van der Waals surface area contributed by atoms with E-state index in [2.05, 4.69) is 4.90 Å². The Morgan fingerprint density at radius 3 is 1.69 bits per heavy atom. The van der Waals surface area contributed by atoms with Crippen LogP contribution in [0.2, 0.25) is 10.0 Å². The molecule has 0 bridgehead atoms. The lowest BCUT2D eigenvalue weighted by Gasteiger charge is -2.47. The first-order valence-corrected chi connectivity index (χ1v) is 10.5. The Labute approximate surface area is 201 Å². The van der Waals surface area contributed by atoms with Crippen molar-refractivity contribution in [3.8, 4) is 0 Å². The lowest BCUT2D eigenvalue weighted by atomic mass is 9.79. The van der Waals surface area contributed by atoms with Crippen molar-refractivity contribution in [2.24, 2.45) is 5.92 Å². The van der Waals surface area contributed by atoms with Crippen LogP contribution in [0.5, 0.6) is 0 Å². The predicted molar refractivity (Wildman–Crippen MR) is 124 cm³/mol. The van der Waals surface area contributed by atoms with Crippen LogP contribution in [-0.2, 0) is 4.79 Å². The SMILES string of the molecule is Cl.O=C(O)C(c1cc(F)cc(F)c1)C1CN(C(c2ccc(Cl)cc2)c2ccc(Cl)cc2)C1. The van der Waals surface area contributed by atoms with Gasteiger partial charge in [0.05, 0.1) is 12.0 Å². The standard InChI is InChI=1S/C24H19Cl2F2NO2.ClH/c25-18-5-1-14(2-6-18)23(15-3-7-19(26)8-4-15)29-12-17(13-29)22(24(30)31)16-9-20(27)11-21(28)10-16;/h1-11,17,22-23H,12-13H2,(H,30,31);1H. The first-order chi connectivity index (χ1) is 14.8. The normalized spacial score (nSPS) is 15.2. The van der Waals surface area contributed by atoms with Gasteiger partial charge in [0.1, 0.15) is 11.6 Å². The van der Waals surface area contributed by atoms with Crippen molar-refractivity contribution in [2.45, 2.75) is 12.0 Å². The quantitative estimate of drug-likeness (QED) is 0.417.